The molecule has 2 fully saturated rings. The minimum atomic E-state index is -0.0651. The average molecular weight is 399 g/mol. The molecule has 0 saturated carbocycles. The van der Waals surface area contributed by atoms with Crippen molar-refractivity contribution >= 4 is 23.5 Å². The molecular formula is C22H27ClN4O. The van der Waals surface area contributed by atoms with E-state index in [0.29, 0.717) is 22.6 Å². The maximum atomic E-state index is 13.4. The van der Waals surface area contributed by atoms with Gasteiger partial charge in [-0.25, -0.2) is 9.97 Å². The van der Waals surface area contributed by atoms with Crippen LogP contribution in [0.3, 0.4) is 0 Å². The van der Waals surface area contributed by atoms with Gasteiger partial charge in [-0.15, -0.1) is 0 Å². The fraction of sp³-hybridized carbons (Fsp3) is 0.500. The first-order valence-corrected chi connectivity index (χ1v) is 10.7. The Kier molecular flexibility index (Phi) is 5.81. The monoisotopic (exact) mass is 398 g/mol. The summed E-state index contributed by atoms with van der Waals surface area (Å²) in [6.07, 6.45) is 6.88. The van der Waals surface area contributed by atoms with Crippen molar-refractivity contribution in [2.24, 2.45) is 0 Å². The number of likely N-dealkylation sites (tertiary alicyclic amines) is 1. The van der Waals surface area contributed by atoms with Gasteiger partial charge < -0.3 is 9.80 Å². The Bertz CT molecular complexity index is 823. The Morgan fingerprint density at radius 2 is 1.93 bits per heavy atom. The van der Waals surface area contributed by atoms with E-state index in [1.54, 1.807) is 6.20 Å². The second kappa shape index (κ2) is 8.48. The molecule has 0 aliphatic carbocycles. The van der Waals surface area contributed by atoms with Crippen LogP contribution in [0.1, 0.15) is 61.0 Å². The Hall–Kier alpha value is -2.14. The van der Waals surface area contributed by atoms with E-state index in [2.05, 4.69) is 46.1 Å². The quantitative estimate of drug-likeness (QED) is 0.742. The fourth-order valence-corrected chi connectivity index (χ4v) is 4.78. The zero-order valence-corrected chi connectivity index (χ0v) is 17.1. The minimum absolute atomic E-state index is 0.0651. The van der Waals surface area contributed by atoms with Crippen LogP contribution < -0.4 is 4.90 Å². The Morgan fingerprint density at radius 1 is 1.18 bits per heavy atom. The van der Waals surface area contributed by atoms with Crippen LogP contribution in [0.25, 0.3) is 0 Å². The summed E-state index contributed by atoms with van der Waals surface area (Å²) in [4.78, 5) is 26.5. The predicted molar refractivity (Wildman–Crippen MR) is 112 cm³/mol. The van der Waals surface area contributed by atoms with Crippen LogP contribution in [0.5, 0.6) is 0 Å². The van der Waals surface area contributed by atoms with Gasteiger partial charge in [0.05, 0.1) is 11.2 Å². The van der Waals surface area contributed by atoms with E-state index in [1.807, 2.05) is 11.0 Å². The average Bonchev–Trinajstić information content (AvgIpc) is 3.42. The van der Waals surface area contributed by atoms with Gasteiger partial charge in [-0.2, -0.15) is 0 Å². The molecule has 6 heteroatoms. The molecule has 1 amide bonds. The van der Waals surface area contributed by atoms with Gasteiger partial charge >= 0.3 is 0 Å². The van der Waals surface area contributed by atoms with Crippen molar-refractivity contribution in [2.75, 3.05) is 24.5 Å². The van der Waals surface area contributed by atoms with Crippen molar-refractivity contribution in [1.82, 2.24) is 14.9 Å². The maximum Gasteiger partial charge on any atom is 0.274 e. The van der Waals surface area contributed by atoms with Gasteiger partial charge in [0.25, 0.3) is 5.91 Å². The number of nitrogens with zero attached hydrogens (tertiary/aromatic N) is 4. The number of halogens is 1. The molecule has 2 atom stereocenters. The highest BCUT2D eigenvalue weighted by Gasteiger charge is 2.36. The number of hydrogen-bond donors (Lipinski definition) is 0. The molecule has 1 aromatic heterocycles. The summed E-state index contributed by atoms with van der Waals surface area (Å²) >= 11 is 6.36. The zero-order chi connectivity index (χ0) is 19.5. The zero-order valence-electron chi connectivity index (χ0n) is 16.4. The van der Waals surface area contributed by atoms with Crippen molar-refractivity contribution < 1.29 is 4.79 Å². The highest BCUT2D eigenvalue weighted by atomic mass is 35.5. The minimum Gasteiger partial charge on any atom is -0.341 e. The molecule has 0 unspecified atom stereocenters. The number of aromatic nitrogens is 2. The molecule has 148 valence electrons. The molecule has 5 nitrogen and oxygen atoms in total. The van der Waals surface area contributed by atoms with Crippen molar-refractivity contribution in [3.63, 3.8) is 0 Å². The summed E-state index contributed by atoms with van der Waals surface area (Å²) in [6, 6.07) is 10.7. The molecule has 2 aliphatic rings. The largest absolute Gasteiger partial charge is 0.341 e. The number of benzene rings is 1. The first-order valence-electron chi connectivity index (χ1n) is 10.3. The van der Waals surface area contributed by atoms with Gasteiger partial charge in [-0.3, -0.25) is 4.79 Å². The number of anilines is 1. The Morgan fingerprint density at radius 3 is 2.64 bits per heavy atom. The SMILES string of the molecule is CC[C@@H](c1ccccc1)[C@H]1CCCN1C(=O)c1nc(N2CCCC2)ncc1Cl. The molecule has 2 saturated heterocycles. The number of amides is 1. The van der Waals surface area contributed by atoms with Crippen molar-refractivity contribution in [3.05, 3.63) is 52.8 Å². The summed E-state index contributed by atoms with van der Waals surface area (Å²) < 4.78 is 0. The standard InChI is InChI=1S/C22H27ClN4O/c1-2-17(16-9-4-3-5-10-16)19-11-8-14-27(19)21(28)20-18(23)15-24-22(25-20)26-12-6-7-13-26/h3-5,9-10,15,17,19H,2,6-8,11-14H2,1H3/t17-,19+/m0/s1. The van der Waals surface area contributed by atoms with Crippen LogP contribution in [-0.2, 0) is 0 Å². The summed E-state index contributed by atoms with van der Waals surface area (Å²) in [5.41, 5.74) is 1.63. The molecule has 2 aliphatic heterocycles. The van der Waals surface area contributed by atoms with Gasteiger partial charge in [-0.05, 0) is 37.7 Å². The van der Waals surface area contributed by atoms with Gasteiger partial charge in [-0.1, -0.05) is 48.9 Å². The molecular weight excluding hydrogens is 372 g/mol. The summed E-state index contributed by atoms with van der Waals surface area (Å²) in [6.45, 7) is 4.83. The van der Waals surface area contributed by atoms with Gasteiger partial charge in [0.2, 0.25) is 5.95 Å². The van der Waals surface area contributed by atoms with E-state index in [1.165, 1.54) is 5.56 Å². The topological polar surface area (TPSA) is 49.3 Å². The summed E-state index contributed by atoms with van der Waals surface area (Å²) in [7, 11) is 0. The lowest BCUT2D eigenvalue weighted by Gasteiger charge is -2.31. The molecule has 3 heterocycles. The van der Waals surface area contributed by atoms with Crippen LogP contribution >= 0.6 is 11.6 Å². The predicted octanol–water partition coefficient (Wildman–Crippen LogP) is 4.53. The second-order valence-corrected chi connectivity index (χ2v) is 8.10. The van der Waals surface area contributed by atoms with E-state index in [-0.39, 0.29) is 11.9 Å². The Balaban J connectivity index is 1.61. The fourth-order valence-electron chi connectivity index (χ4n) is 4.61. The van der Waals surface area contributed by atoms with Crippen LogP contribution in [0.4, 0.5) is 5.95 Å². The van der Waals surface area contributed by atoms with Gasteiger partial charge in [0.1, 0.15) is 0 Å². The number of hydrogen-bond acceptors (Lipinski definition) is 4. The van der Waals surface area contributed by atoms with Crippen molar-refractivity contribution in [1.29, 1.82) is 0 Å². The molecule has 0 radical (unpaired) electrons. The maximum absolute atomic E-state index is 13.4. The van der Waals surface area contributed by atoms with Crippen LogP contribution in [0.15, 0.2) is 36.5 Å². The van der Waals surface area contributed by atoms with Crippen LogP contribution in [-0.4, -0.2) is 46.5 Å². The molecule has 0 N–H and O–H groups in total. The lowest BCUT2D eigenvalue weighted by atomic mass is 9.87. The van der Waals surface area contributed by atoms with E-state index >= 15 is 0 Å². The number of carbonyl (C=O) groups is 1. The third-order valence-corrected chi connectivity index (χ3v) is 6.29. The first kappa shape index (κ1) is 19.2. The van der Waals surface area contributed by atoms with Crippen LogP contribution in [0, 0.1) is 0 Å². The van der Waals surface area contributed by atoms with Gasteiger partial charge in [0.15, 0.2) is 5.69 Å². The molecule has 0 spiro atoms. The molecule has 1 aromatic carbocycles. The summed E-state index contributed by atoms with van der Waals surface area (Å²) in [5, 5.41) is 0.339. The number of rotatable bonds is 5. The Labute approximate surface area is 171 Å². The third kappa shape index (κ3) is 3.72. The van der Waals surface area contributed by atoms with Gasteiger partial charge in [0, 0.05) is 31.6 Å². The van der Waals surface area contributed by atoms with E-state index < -0.39 is 0 Å². The van der Waals surface area contributed by atoms with Crippen LogP contribution in [0.2, 0.25) is 5.02 Å². The molecule has 0 bridgehead atoms. The highest BCUT2D eigenvalue weighted by molar-refractivity contribution is 6.33. The van der Waals surface area contributed by atoms with Crippen molar-refractivity contribution in [2.45, 2.75) is 51.0 Å². The molecule has 2 aromatic rings. The van der Waals surface area contributed by atoms with Crippen molar-refractivity contribution in [3.8, 4) is 0 Å². The smallest absolute Gasteiger partial charge is 0.274 e. The lowest BCUT2D eigenvalue weighted by Crippen LogP contribution is -2.40. The highest BCUT2D eigenvalue weighted by Crippen LogP contribution is 2.35. The summed E-state index contributed by atoms with van der Waals surface area (Å²) in [5.74, 6) is 0.882. The lowest BCUT2D eigenvalue weighted by molar-refractivity contribution is 0.0708. The first-order chi connectivity index (χ1) is 13.7. The molecule has 4 rings (SSSR count). The van der Waals surface area contributed by atoms with E-state index in [0.717, 1.165) is 51.7 Å². The normalized spacial score (nSPS) is 20.6. The third-order valence-electron chi connectivity index (χ3n) is 6.01. The number of carbonyl (C=O) groups excluding carboxylic acids is 1. The van der Waals surface area contributed by atoms with E-state index in [4.69, 9.17) is 11.6 Å². The van der Waals surface area contributed by atoms with E-state index in [9.17, 15) is 4.79 Å². The second-order valence-electron chi connectivity index (χ2n) is 7.69. The molecule has 28 heavy (non-hydrogen) atoms.